The predicted octanol–water partition coefficient (Wildman–Crippen LogP) is 2.92. The first-order valence-corrected chi connectivity index (χ1v) is 13.4. The van der Waals surface area contributed by atoms with Crippen molar-refractivity contribution in [1.82, 2.24) is 19.5 Å². The fourth-order valence-corrected chi connectivity index (χ4v) is 7.53. The topological polar surface area (TPSA) is 133 Å². The lowest BCUT2D eigenvalue weighted by Gasteiger charge is -2.56. The minimum Gasteiger partial charge on any atom is -0.504 e. The fraction of sp³-hybridized carbons (Fsp3) is 0.429. The number of carbonyl (C=O) groups is 1. The van der Waals surface area contributed by atoms with E-state index in [1.165, 1.54) is 4.52 Å². The van der Waals surface area contributed by atoms with Crippen LogP contribution >= 0.6 is 11.6 Å². The standard InChI is InChI=1S/C28H26ClN5O5/c1-4-38-27(37)21-12(2)25(29)34-26(31-21)15(11-30)22(32-34)14-10-19(36)23-20-13(14)9-17-16-5-6-18(35)24(39-23)28(16,20)7-8-33(17)3/h5-6,10,16-18,24,35-36H,4,7-9H2,1-3H3/t16-,17+,18-,24-,28-/m0/s1. The van der Waals surface area contributed by atoms with Crippen LogP contribution in [0.25, 0.3) is 16.9 Å². The number of halogens is 1. The molecule has 0 unspecified atom stereocenters. The van der Waals surface area contributed by atoms with Crippen molar-refractivity contribution in [3.05, 3.63) is 51.3 Å². The number of phenolic OH excluding ortho intramolecular Hbond substituents is 1. The van der Waals surface area contributed by atoms with E-state index in [-0.39, 0.29) is 46.4 Å². The van der Waals surface area contributed by atoms with Gasteiger partial charge in [-0.1, -0.05) is 23.8 Å². The quantitative estimate of drug-likeness (QED) is 0.288. The van der Waals surface area contributed by atoms with E-state index in [9.17, 15) is 20.3 Å². The second-order valence-corrected chi connectivity index (χ2v) is 11.1. The number of aliphatic hydroxyl groups is 1. The lowest BCUT2D eigenvalue weighted by molar-refractivity contribution is -0.0452. The highest BCUT2D eigenvalue weighted by atomic mass is 35.5. The van der Waals surface area contributed by atoms with Gasteiger partial charge in [0.15, 0.2) is 22.8 Å². The summed E-state index contributed by atoms with van der Waals surface area (Å²) in [7, 11) is 2.10. The molecule has 200 valence electrons. The van der Waals surface area contributed by atoms with Crippen molar-refractivity contribution >= 4 is 23.2 Å². The van der Waals surface area contributed by atoms with E-state index in [1.807, 2.05) is 6.08 Å². The smallest absolute Gasteiger partial charge is 0.357 e. The highest BCUT2D eigenvalue weighted by Gasteiger charge is 2.64. The van der Waals surface area contributed by atoms with Crippen molar-refractivity contribution in [3.8, 4) is 28.8 Å². The Hall–Kier alpha value is -3.65. The largest absolute Gasteiger partial charge is 0.504 e. The maximum Gasteiger partial charge on any atom is 0.357 e. The Kier molecular flexibility index (Phi) is 5.12. The average molecular weight is 548 g/mol. The van der Waals surface area contributed by atoms with Gasteiger partial charge in [0.1, 0.15) is 34.7 Å². The van der Waals surface area contributed by atoms with Crippen LogP contribution in [0.4, 0.5) is 0 Å². The van der Waals surface area contributed by atoms with Crippen LogP contribution < -0.4 is 4.74 Å². The van der Waals surface area contributed by atoms with Gasteiger partial charge in [-0.2, -0.15) is 10.4 Å². The lowest BCUT2D eigenvalue weighted by atomic mass is 9.53. The highest BCUT2D eigenvalue weighted by Crippen LogP contribution is 2.63. The molecule has 4 aliphatic rings. The highest BCUT2D eigenvalue weighted by molar-refractivity contribution is 6.31. The van der Waals surface area contributed by atoms with Gasteiger partial charge in [0.2, 0.25) is 0 Å². The molecule has 1 aromatic carbocycles. The van der Waals surface area contributed by atoms with Gasteiger partial charge in [-0.05, 0) is 51.9 Å². The third-order valence-corrected chi connectivity index (χ3v) is 9.49. The molecule has 7 rings (SSSR count). The summed E-state index contributed by atoms with van der Waals surface area (Å²) in [6, 6.07) is 3.92. The number of nitriles is 1. The summed E-state index contributed by atoms with van der Waals surface area (Å²) in [6.07, 6.45) is 3.99. The molecular formula is C28H26ClN5O5. The lowest BCUT2D eigenvalue weighted by Crippen LogP contribution is -2.64. The Labute approximate surface area is 229 Å². The van der Waals surface area contributed by atoms with Crippen LogP contribution in [-0.4, -0.2) is 74.1 Å². The van der Waals surface area contributed by atoms with E-state index in [1.54, 1.807) is 19.9 Å². The minimum atomic E-state index is -0.802. The van der Waals surface area contributed by atoms with Crippen molar-refractivity contribution in [2.45, 2.75) is 50.4 Å². The molecule has 2 aliphatic heterocycles. The summed E-state index contributed by atoms with van der Waals surface area (Å²) in [6.45, 7) is 4.35. The maximum absolute atomic E-state index is 12.6. The zero-order chi connectivity index (χ0) is 27.4. The molecule has 5 atom stereocenters. The molecule has 2 bridgehead atoms. The van der Waals surface area contributed by atoms with Crippen LogP contribution in [0.1, 0.15) is 46.1 Å². The molecule has 39 heavy (non-hydrogen) atoms. The van der Waals surface area contributed by atoms with E-state index < -0.39 is 23.6 Å². The summed E-state index contributed by atoms with van der Waals surface area (Å²) in [5, 5.41) is 37.3. The van der Waals surface area contributed by atoms with Gasteiger partial charge >= 0.3 is 5.97 Å². The first-order valence-electron chi connectivity index (χ1n) is 13.0. The number of aromatic nitrogens is 3. The Morgan fingerprint density at radius 3 is 2.95 bits per heavy atom. The number of phenols is 1. The number of fused-ring (bicyclic) bond motifs is 1. The number of carbonyl (C=O) groups excluding carboxylic acids is 1. The molecular weight excluding hydrogens is 522 g/mol. The molecule has 1 saturated heterocycles. The van der Waals surface area contributed by atoms with Crippen LogP contribution in [0.3, 0.4) is 0 Å². The van der Waals surface area contributed by atoms with Gasteiger partial charge in [-0.3, -0.25) is 0 Å². The van der Waals surface area contributed by atoms with Gasteiger partial charge in [-0.25, -0.2) is 14.3 Å². The molecule has 10 nitrogen and oxygen atoms in total. The summed E-state index contributed by atoms with van der Waals surface area (Å²) in [5.41, 5.74) is 2.89. The van der Waals surface area contributed by atoms with Gasteiger partial charge in [0, 0.05) is 34.1 Å². The normalized spacial score (nSPS) is 28.2. The number of hydrogen-bond donors (Lipinski definition) is 2. The van der Waals surface area contributed by atoms with Gasteiger partial charge in [0.25, 0.3) is 0 Å². The second-order valence-electron chi connectivity index (χ2n) is 10.8. The Morgan fingerprint density at radius 2 is 2.21 bits per heavy atom. The number of aliphatic hydroxyl groups excluding tert-OH is 1. The van der Waals surface area contributed by atoms with Crippen molar-refractivity contribution in [1.29, 1.82) is 5.26 Å². The number of aromatic hydroxyl groups is 1. The predicted molar refractivity (Wildman–Crippen MR) is 140 cm³/mol. The Balaban J connectivity index is 1.51. The first-order chi connectivity index (χ1) is 18.7. The molecule has 2 N–H and O–H groups in total. The van der Waals surface area contributed by atoms with Gasteiger partial charge in [0.05, 0.1) is 6.61 Å². The van der Waals surface area contributed by atoms with E-state index in [2.05, 4.69) is 29.1 Å². The monoisotopic (exact) mass is 547 g/mol. The summed E-state index contributed by atoms with van der Waals surface area (Å²) in [5.74, 6) is -0.201. The number of likely N-dealkylation sites (N-methyl/N-ethyl adjacent to an activating group) is 1. The number of piperidine rings is 1. The zero-order valence-electron chi connectivity index (χ0n) is 21.6. The molecule has 2 aliphatic carbocycles. The molecule has 0 radical (unpaired) electrons. The van der Waals surface area contributed by atoms with Crippen LogP contribution in [0.5, 0.6) is 11.5 Å². The second kappa shape index (κ2) is 8.18. The van der Waals surface area contributed by atoms with Gasteiger partial charge in [-0.15, -0.1) is 0 Å². The van der Waals surface area contributed by atoms with E-state index in [4.69, 9.17) is 26.2 Å². The van der Waals surface area contributed by atoms with E-state index >= 15 is 0 Å². The van der Waals surface area contributed by atoms with Crippen LogP contribution in [-0.2, 0) is 16.6 Å². The van der Waals surface area contributed by atoms with Crippen molar-refractivity contribution < 1.29 is 24.5 Å². The SMILES string of the molecule is CCOC(=O)c1nc2c(C#N)c(-c3cc(O)c4c5c3C[C@@H]3[C@@H]6C=C[C@H](O)[C@H](O4)[C@]56CCN3C)nn2c(Cl)c1C. The molecule has 3 aromatic rings. The Morgan fingerprint density at radius 1 is 1.41 bits per heavy atom. The third-order valence-electron chi connectivity index (χ3n) is 9.04. The van der Waals surface area contributed by atoms with Crippen molar-refractivity contribution in [3.63, 3.8) is 0 Å². The number of hydrogen-bond acceptors (Lipinski definition) is 9. The average Bonchev–Trinajstić information content (AvgIpc) is 3.46. The summed E-state index contributed by atoms with van der Waals surface area (Å²) >= 11 is 6.65. The number of benzene rings is 1. The molecule has 2 aromatic heterocycles. The van der Waals surface area contributed by atoms with Gasteiger partial charge < -0.3 is 24.6 Å². The first kappa shape index (κ1) is 24.4. The molecule has 0 amide bonds. The summed E-state index contributed by atoms with van der Waals surface area (Å²) in [4.78, 5) is 19.4. The number of likely N-dealkylation sites (tertiary alicyclic amines) is 1. The van der Waals surface area contributed by atoms with Crippen LogP contribution in [0.15, 0.2) is 18.2 Å². The molecule has 1 fully saturated rings. The summed E-state index contributed by atoms with van der Waals surface area (Å²) < 4.78 is 12.8. The molecule has 0 saturated carbocycles. The molecule has 1 spiro atoms. The van der Waals surface area contributed by atoms with Crippen LogP contribution in [0.2, 0.25) is 5.15 Å². The third kappa shape index (κ3) is 2.95. The zero-order valence-corrected chi connectivity index (χ0v) is 22.4. The Bertz CT molecular complexity index is 1680. The van der Waals surface area contributed by atoms with Crippen molar-refractivity contribution in [2.24, 2.45) is 5.92 Å². The number of nitrogens with zero attached hydrogens (tertiary/aromatic N) is 5. The van der Waals surface area contributed by atoms with Crippen LogP contribution in [0, 0.1) is 24.2 Å². The number of esters is 1. The fourth-order valence-electron chi connectivity index (χ4n) is 7.32. The maximum atomic E-state index is 12.6. The van der Waals surface area contributed by atoms with E-state index in [0.717, 1.165) is 24.1 Å². The minimum absolute atomic E-state index is 0.0209. The molecule has 4 heterocycles. The molecule has 11 heteroatoms. The van der Waals surface area contributed by atoms with Crippen molar-refractivity contribution in [2.75, 3.05) is 20.2 Å². The number of ether oxygens (including phenoxy) is 2. The number of rotatable bonds is 3. The van der Waals surface area contributed by atoms with E-state index in [0.29, 0.717) is 29.0 Å².